The molecule has 2 atom stereocenters. The standard InChI is InChI=1S/C9H19N3S/c1-7-5-3-2-4-6-8(7)11-9(13)12-10/h7-8H,2-6,10H2,1H3,(H2,11,12,13). The fourth-order valence-electron chi connectivity index (χ4n) is 1.92. The predicted octanol–water partition coefficient (Wildman–Crippen LogP) is 1.29. The summed E-state index contributed by atoms with van der Waals surface area (Å²) in [6, 6.07) is 0.506. The molecule has 0 bridgehead atoms. The SMILES string of the molecule is CC1CCCCCC1NC(=S)NN. The lowest BCUT2D eigenvalue weighted by atomic mass is 9.97. The molecule has 2 unspecified atom stereocenters. The van der Waals surface area contributed by atoms with Crippen LogP contribution in [0, 0.1) is 5.92 Å². The van der Waals surface area contributed by atoms with Crippen molar-refractivity contribution >= 4 is 17.3 Å². The highest BCUT2D eigenvalue weighted by Gasteiger charge is 2.19. The van der Waals surface area contributed by atoms with Crippen molar-refractivity contribution in [1.82, 2.24) is 10.7 Å². The molecule has 76 valence electrons. The fourth-order valence-corrected chi connectivity index (χ4v) is 2.07. The van der Waals surface area contributed by atoms with Crippen molar-refractivity contribution in [1.29, 1.82) is 0 Å². The zero-order valence-electron chi connectivity index (χ0n) is 8.18. The normalized spacial score (nSPS) is 29.1. The van der Waals surface area contributed by atoms with Gasteiger partial charge in [-0.2, -0.15) is 0 Å². The van der Waals surface area contributed by atoms with Crippen molar-refractivity contribution in [3.63, 3.8) is 0 Å². The number of thiocarbonyl (C=S) groups is 1. The highest BCUT2D eigenvalue weighted by atomic mass is 32.1. The van der Waals surface area contributed by atoms with Crippen LogP contribution in [0.3, 0.4) is 0 Å². The molecule has 0 spiro atoms. The Balaban J connectivity index is 2.40. The van der Waals surface area contributed by atoms with E-state index in [4.69, 9.17) is 18.1 Å². The first kappa shape index (κ1) is 10.7. The van der Waals surface area contributed by atoms with Gasteiger partial charge in [0, 0.05) is 6.04 Å². The molecule has 0 aliphatic heterocycles. The maximum absolute atomic E-state index is 5.22. The van der Waals surface area contributed by atoms with Crippen LogP contribution in [-0.2, 0) is 0 Å². The molecule has 0 saturated heterocycles. The van der Waals surface area contributed by atoms with E-state index >= 15 is 0 Å². The second-order valence-corrected chi connectivity index (χ2v) is 4.25. The topological polar surface area (TPSA) is 50.1 Å². The van der Waals surface area contributed by atoms with Gasteiger partial charge in [0.15, 0.2) is 5.11 Å². The third-order valence-electron chi connectivity index (χ3n) is 2.81. The molecule has 0 aromatic heterocycles. The minimum absolute atomic E-state index is 0.506. The lowest BCUT2D eigenvalue weighted by Gasteiger charge is -2.23. The molecule has 0 heterocycles. The third kappa shape index (κ3) is 3.48. The van der Waals surface area contributed by atoms with E-state index in [1.807, 2.05) is 0 Å². The molecule has 3 nitrogen and oxygen atoms in total. The summed E-state index contributed by atoms with van der Waals surface area (Å²) in [6.07, 6.45) is 6.51. The van der Waals surface area contributed by atoms with Gasteiger partial charge in [-0.05, 0) is 31.0 Å². The molecule has 13 heavy (non-hydrogen) atoms. The van der Waals surface area contributed by atoms with E-state index in [0.717, 1.165) is 0 Å². The van der Waals surface area contributed by atoms with Crippen LogP contribution in [-0.4, -0.2) is 11.2 Å². The van der Waals surface area contributed by atoms with E-state index < -0.39 is 0 Å². The summed E-state index contributed by atoms with van der Waals surface area (Å²) in [5.41, 5.74) is 2.47. The van der Waals surface area contributed by atoms with Gasteiger partial charge in [-0.1, -0.05) is 26.2 Å². The van der Waals surface area contributed by atoms with Gasteiger partial charge < -0.3 is 10.7 Å². The third-order valence-corrected chi connectivity index (χ3v) is 3.04. The summed E-state index contributed by atoms with van der Waals surface area (Å²) >= 11 is 4.99. The van der Waals surface area contributed by atoms with Crippen molar-refractivity contribution in [2.75, 3.05) is 0 Å². The summed E-state index contributed by atoms with van der Waals surface area (Å²) < 4.78 is 0. The van der Waals surface area contributed by atoms with E-state index in [0.29, 0.717) is 17.1 Å². The van der Waals surface area contributed by atoms with Crippen LogP contribution in [0.2, 0.25) is 0 Å². The first-order valence-electron chi connectivity index (χ1n) is 5.01. The Bertz CT molecular complexity index is 172. The molecular formula is C9H19N3S. The molecule has 4 heteroatoms. The molecular weight excluding hydrogens is 182 g/mol. The minimum atomic E-state index is 0.506. The van der Waals surface area contributed by atoms with Gasteiger partial charge in [-0.3, -0.25) is 0 Å². The lowest BCUT2D eigenvalue weighted by molar-refractivity contribution is 0.399. The molecule has 0 amide bonds. The Kier molecular flexibility index (Phi) is 4.45. The lowest BCUT2D eigenvalue weighted by Crippen LogP contribution is -2.46. The van der Waals surface area contributed by atoms with E-state index in [1.165, 1.54) is 32.1 Å². The minimum Gasteiger partial charge on any atom is -0.359 e. The van der Waals surface area contributed by atoms with Crippen molar-refractivity contribution in [3.05, 3.63) is 0 Å². The van der Waals surface area contributed by atoms with Crippen molar-refractivity contribution in [2.45, 2.75) is 45.1 Å². The van der Waals surface area contributed by atoms with Crippen LogP contribution in [0.15, 0.2) is 0 Å². The first-order chi connectivity index (χ1) is 6.24. The van der Waals surface area contributed by atoms with Gasteiger partial charge >= 0.3 is 0 Å². The Morgan fingerprint density at radius 1 is 1.31 bits per heavy atom. The largest absolute Gasteiger partial charge is 0.359 e. The zero-order chi connectivity index (χ0) is 9.68. The summed E-state index contributed by atoms with van der Waals surface area (Å²) in [6.45, 7) is 2.28. The number of hydrogen-bond acceptors (Lipinski definition) is 2. The van der Waals surface area contributed by atoms with Gasteiger partial charge in [-0.15, -0.1) is 0 Å². The van der Waals surface area contributed by atoms with E-state index in [9.17, 15) is 0 Å². The van der Waals surface area contributed by atoms with Crippen LogP contribution in [0.5, 0.6) is 0 Å². The molecule has 1 saturated carbocycles. The average molecular weight is 201 g/mol. The van der Waals surface area contributed by atoms with Crippen LogP contribution in [0.25, 0.3) is 0 Å². The molecule has 0 radical (unpaired) electrons. The number of rotatable bonds is 1. The zero-order valence-corrected chi connectivity index (χ0v) is 8.99. The van der Waals surface area contributed by atoms with Crippen LogP contribution >= 0.6 is 12.2 Å². The molecule has 0 aromatic carbocycles. The molecule has 1 aliphatic carbocycles. The van der Waals surface area contributed by atoms with Crippen molar-refractivity contribution in [3.8, 4) is 0 Å². The Morgan fingerprint density at radius 3 is 2.69 bits per heavy atom. The van der Waals surface area contributed by atoms with E-state index in [1.54, 1.807) is 0 Å². The average Bonchev–Trinajstić information content (AvgIpc) is 2.32. The van der Waals surface area contributed by atoms with E-state index in [-0.39, 0.29) is 0 Å². The quantitative estimate of drug-likeness (QED) is 0.259. The summed E-state index contributed by atoms with van der Waals surface area (Å²) in [7, 11) is 0. The van der Waals surface area contributed by atoms with E-state index in [2.05, 4.69) is 17.7 Å². The number of hydrogen-bond donors (Lipinski definition) is 3. The number of nitrogens with two attached hydrogens (primary N) is 1. The first-order valence-corrected chi connectivity index (χ1v) is 5.42. The number of nitrogens with one attached hydrogen (secondary N) is 2. The smallest absolute Gasteiger partial charge is 0.180 e. The van der Waals surface area contributed by atoms with Crippen LogP contribution in [0.1, 0.15) is 39.0 Å². The molecule has 1 rings (SSSR count). The molecule has 4 N–H and O–H groups in total. The second-order valence-electron chi connectivity index (χ2n) is 3.84. The Hall–Kier alpha value is -0.350. The second kappa shape index (κ2) is 5.40. The van der Waals surface area contributed by atoms with Gasteiger partial charge in [0.05, 0.1) is 0 Å². The highest BCUT2D eigenvalue weighted by molar-refractivity contribution is 7.80. The van der Waals surface area contributed by atoms with Gasteiger partial charge in [0.2, 0.25) is 0 Å². The van der Waals surface area contributed by atoms with Crippen molar-refractivity contribution < 1.29 is 0 Å². The van der Waals surface area contributed by atoms with Gasteiger partial charge in [0.1, 0.15) is 0 Å². The Labute approximate surface area is 85.4 Å². The summed E-state index contributed by atoms with van der Waals surface area (Å²) in [5, 5.41) is 3.82. The number of hydrazine groups is 1. The predicted molar refractivity (Wildman–Crippen MR) is 59.1 cm³/mol. The fraction of sp³-hybridized carbons (Fsp3) is 0.889. The maximum Gasteiger partial charge on any atom is 0.180 e. The Morgan fingerprint density at radius 2 is 2.00 bits per heavy atom. The monoisotopic (exact) mass is 201 g/mol. The highest BCUT2D eigenvalue weighted by Crippen LogP contribution is 2.22. The summed E-state index contributed by atoms with van der Waals surface area (Å²) in [5.74, 6) is 5.92. The van der Waals surface area contributed by atoms with Crippen LogP contribution < -0.4 is 16.6 Å². The van der Waals surface area contributed by atoms with Gasteiger partial charge in [-0.25, -0.2) is 5.84 Å². The van der Waals surface area contributed by atoms with Gasteiger partial charge in [0.25, 0.3) is 0 Å². The molecule has 1 fully saturated rings. The molecule has 1 aliphatic rings. The molecule has 0 aromatic rings. The summed E-state index contributed by atoms with van der Waals surface area (Å²) in [4.78, 5) is 0. The maximum atomic E-state index is 5.22. The van der Waals surface area contributed by atoms with Crippen molar-refractivity contribution in [2.24, 2.45) is 11.8 Å². The van der Waals surface area contributed by atoms with Crippen LogP contribution in [0.4, 0.5) is 0 Å².